The molecular weight excluding hydrogens is 334 g/mol. The van der Waals surface area contributed by atoms with Crippen LogP contribution >= 0.6 is 0 Å². The number of nitrogens with zero attached hydrogens (tertiary/aromatic N) is 4. The number of hydrogen-bond donors (Lipinski definition) is 1. The van der Waals surface area contributed by atoms with Crippen molar-refractivity contribution in [3.05, 3.63) is 46.4 Å². The average molecular weight is 357 g/mol. The molecule has 1 amide bonds. The Kier molecular flexibility index (Phi) is 5.50. The highest BCUT2D eigenvalue weighted by atomic mass is 16.6. The average Bonchev–Trinajstić information content (AvgIpc) is 2.83. The molecule has 8 heteroatoms. The highest BCUT2D eigenvalue weighted by molar-refractivity contribution is 5.91. The summed E-state index contributed by atoms with van der Waals surface area (Å²) in [5, 5.41) is 13.8. The Balaban J connectivity index is 1.63. The number of anilines is 2. The third-order valence-electron chi connectivity index (χ3n) is 4.65. The Morgan fingerprint density at radius 1 is 1.19 bits per heavy atom. The minimum absolute atomic E-state index is 0.143. The Morgan fingerprint density at radius 2 is 1.85 bits per heavy atom. The summed E-state index contributed by atoms with van der Waals surface area (Å²) in [5.41, 5.74) is 1.83. The molecule has 8 nitrogen and oxygen atoms in total. The highest BCUT2D eigenvalue weighted by Gasteiger charge is 2.20. The van der Waals surface area contributed by atoms with E-state index in [0.717, 1.165) is 18.8 Å². The van der Waals surface area contributed by atoms with Gasteiger partial charge in [0.2, 0.25) is 0 Å². The van der Waals surface area contributed by atoms with Gasteiger partial charge in [-0.2, -0.15) is 0 Å². The lowest BCUT2D eigenvalue weighted by molar-refractivity contribution is -0.392. The number of carbonyl (C=O) groups excluding carboxylic acids is 1. The van der Waals surface area contributed by atoms with E-state index < -0.39 is 4.92 Å². The van der Waals surface area contributed by atoms with Crippen molar-refractivity contribution < 1.29 is 9.72 Å². The second kappa shape index (κ2) is 7.99. The SMILES string of the molecule is Cc1ncc([N+](=O)[O-])n1CC(=O)Nc1ccc(N2CCCCCC2)cc1. The molecule has 0 spiro atoms. The van der Waals surface area contributed by atoms with Crippen LogP contribution in [0.25, 0.3) is 0 Å². The van der Waals surface area contributed by atoms with Gasteiger partial charge in [-0.3, -0.25) is 4.79 Å². The maximum absolute atomic E-state index is 12.2. The number of carbonyl (C=O) groups is 1. The van der Waals surface area contributed by atoms with Crippen LogP contribution in [0.3, 0.4) is 0 Å². The molecule has 2 aromatic rings. The van der Waals surface area contributed by atoms with Gasteiger partial charge in [0.05, 0.1) is 0 Å². The number of aryl methyl sites for hydroxylation is 1. The van der Waals surface area contributed by atoms with Gasteiger partial charge in [0, 0.05) is 31.4 Å². The maximum Gasteiger partial charge on any atom is 0.343 e. The lowest BCUT2D eigenvalue weighted by atomic mass is 10.2. The minimum atomic E-state index is -0.538. The molecule has 1 saturated heterocycles. The van der Waals surface area contributed by atoms with E-state index in [1.165, 1.54) is 36.4 Å². The predicted molar refractivity (Wildman–Crippen MR) is 99.4 cm³/mol. The van der Waals surface area contributed by atoms with E-state index >= 15 is 0 Å². The molecule has 2 heterocycles. The van der Waals surface area contributed by atoms with E-state index in [1.807, 2.05) is 24.3 Å². The van der Waals surface area contributed by atoms with Crippen molar-refractivity contribution in [1.82, 2.24) is 9.55 Å². The number of nitrogens with one attached hydrogen (secondary N) is 1. The molecule has 1 aliphatic heterocycles. The lowest BCUT2D eigenvalue weighted by Crippen LogP contribution is -2.24. The van der Waals surface area contributed by atoms with Crippen LogP contribution in [0.1, 0.15) is 31.5 Å². The molecule has 1 N–H and O–H groups in total. The standard InChI is InChI=1S/C18H23N5O3/c1-14-19-12-18(23(25)26)22(14)13-17(24)20-15-6-8-16(9-7-15)21-10-4-2-3-5-11-21/h6-9,12H,2-5,10-11,13H2,1H3,(H,20,24). The van der Waals surface area contributed by atoms with E-state index in [9.17, 15) is 14.9 Å². The van der Waals surface area contributed by atoms with E-state index in [-0.39, 0.29) is 18.3 Å². The summed E-state index contributed by atoms with van der Waals surface area (Å²) < 4.78 is 1.29. The van der Waals surface area contributed by atoms with Crippen LogP contribution < -0.4 is 10.2 Å². The molecule has 1 aliphatic rings. The third kappa shape index (κ3) is 4.19. The molecule has 0 unspecified atom stereocenters. The Morgan fingerprint density at radius 3 is 2.46 bits per heavy atom. The summed E-state index contributed by atoms with van der Waals surface area (Å²) in [5.74, 6) is -0.0748. The number of aromatic nitrogens is 2. The fourth-order valence-electron chi connectivity index (χ4n) is 3.23. The molecule has 0 radical (unpaired) electrons. The number of nitro groups is 1. The molecule has 26 heavy (non-hydrogen) atoms. The van der Waals surface area contributed by atoms with Crippen LogP contribution in [0, 0.1) is 17.0 Å². The molecule has 0 bridgehead atoms. The van der Waals surface area contributed by atoms with Crippen LogP contribution in [0.15, 0.2) is 30.5 Å². The normalized spacial score (nSPS) is 14.7. The molecular formula is C18H23N5O3. The van der Waals surface area contributed by atoms with Gasteiger partial charge in [0.1, 0.15) is 6.20 Å². The summed E-state index contributed by atoms with van der Waals surface area (Å²) in [6.07, 6.45) is 6.15. The second-order valence-electron chi connectivity index (χ2n) is 6.50. The predicted octanol–water partition coefficient (Wildman–Crippen LogP) is 3.12. The topological polar surface area (TPSA) is 93.3 Å². The number of benzene rings is 1. The summed E-state index contributed by atoms with van der Waals surface area (Å²) in [4.78, 5) is 29.0. The van der Waals surface area contributed by atoms with Crippen LogP contribution in [0.2, 0.25) is 0 Å². The Hall–Kier alpha value is -2.90. The molecule has 1 fully saturated rings. The molecule has 0 aliphatic carbocycles. The first-order valence-corrected chi connectivity index (χ1v) is 8.86. The van der Waals surface area contributed by atoms with Gasteiger partial charge in [-0.25, -0.2) is 9.55 Å². The van der Waals surface area contributed by atoms with Gasteiger partial charge in [-0.05, 0) is 42.0 Å². The van der Waals surface area contributed by atoms with Gasteiger partial charge in [-0.1, -0.05) is 12.8 Å². The number of hydrogen-bond acceptors (Lipinski definition) is 5. The van der Waals surface area contributed by atoms with Crippen molar-refractivity contribution in [2.75, 3.05) is 23.3 Å². The molecule has 1 aromatic heterocycles. The molecule has 1 aromatic carbocycles. The van der Waals surface area contributed by atoms with Crippen LogP contribution in [0.4, 0.5) is 17.2 Å². The minimum Gasteiger partial charge on any atom is -0.372 e. The van der Waals surface area contributed by atoms with E-state index in [0.29, 0.717) is 11.5 Å². The zero-order valence-electron chi connectivity index (χ0n) is 14.9. The van der Waals surface area contributed by atoms with E-state index in [1.54, 1.807) is 6.92 Å². The molecule has 3 rings (SSSR count). The maximum atomic E-state index is 12.2. The largest absolute Gasteiger partial charge is 0.372 e. The quantitative estimate of drug-likeness (QED) is 0.655. The lowest BCUT2D eigenvalue weighted by Gasteiger charge is -2.22. The number of imidazole rings is 1. The Bertz CT molecular complexity index is 777. The van der Waals surface area contributed by atoms with Crippen molar-refractivity contribution in [2.45, 2.75) is 39.2 Å². The first-order chi connectivity index (χ1) is 12.5. The fraction of sp³-hybridized carbons (Fsp3) is 0.444. The van der Waals surface area contributed by atoms with E-state index in [2.05, 4.69) is 15.2 Å². The van der Waals surface area contributed by atoms with Gasteiger partial charge in [-0.15, -0.1) is 0 Å². The molecule has 138 valence electrons. The van der Waals surface area contributed by atoms with Gasteiger partial charge in [0.15, 0.2) is 12.4 Å². The summed E-state index contributed by atoms with van der Waals surface area (Å²) in [6.45, 7) is 3.62. The van der Waals surface area contributed by atoms with Gasteiger partial charge in [0.25, 0.3) is 5.91 Å². The van der Waals surface area contributed by atoms with Gasteiger partial charge >= 0.3 is 5.82 Å². The van der Waals surface area contributed by atoms with Crippen LogP contribution in [0.5, 0.6) is 0 Å². The monoisotopic (exact) mass is 357 g/mol. The first kappa shape index (κ1) is 17.9. The first-order valence-electron chi connectivity index (χ1n) is 8.86. The van der Waals surface area contributed by atoms with Crippen molar-refractivity contribution in [2.24, 2.45) is 0 Å². The van der Waals surface area contributed by atoms with Crippen LogP contribution in [-0.4, -0.2) is 33.5 Å². The molecule has 0 atom stereocenters. The fourth-order valence-corrected chi connectivity index (χ4v) is 3.23. The summed E-state index contributed by atoms with van der Waals surface area (Å²) >= 11 is 0. The summed E-state index contributed by atoms with van der Waals surface area (Å²) in [7, 11) is 0. The highest BCUT2D eigenvalue weighted by Crippen LogP contribution is 2.22. The smallest absolute Gasteiger partial charge is 0.343 e. The second-order valence-corrected chi connectivity index (χ2v) is 6.50. The van der Waals surface area contributed by atoms with Gasteiger partial charge < -0.3 is 20.3 Å². The Labute approximate surface area is 152 Å². The van der Waals surface area contributed by atoms with Crippen molar-refractivity contribution in [1.29, 1.82) is 0 Å². The zero-order chi connectivity index (χ0) is 18.5. The van der Waals surface area contributed by atoms with Crippen molar-refractivity contribution >= 4 is 23.1 Å². The van der Waals surface area contributed by atoms with E-state index in [4.69, 9.17) is 0 Å². The molecule has 0 saturated carbocycles. The number of rotatable bonds is 5. The third-order valence-corrected chi connectivity index (χ3v) is 4.65. The zero-order valence-corrected chi connectivity index (χ0v) is 14.9. The number of amides is 1. The van der Waals surface area contributed by atoms with Crippen LogP contribution in [-0.2, 0) is 11.3 Å². The van der Waals surface area contributed by atoms with Crippen molar-refractivity contribution in [3.8, 4) is 0 Å². The van der Waals surface area contributed by atoms with Crippen molar-refractivity contribution in [3.63, 3.8) is 0 Å². The summed E-state index contributed by atoms with van der Waals surface area (Å²) in [6, 6.07) is 7.75.